The molecule has 0 heterocycles. The third kappa shape index (κ3) is 7.12. The number of amides is 3. The Kier molecular flexibility index (Phi) is 7.72. The minimum atomic E-state index is -4.43. The Morgan fingerprint density at radius 3 is 2.52 bits per heavy atom. The zero-order valence-corrected chi connectivity index (χ0v) is 13.5. The maximum atomic E-state index is 12.6. The van der Waals surface area contributed by atoms with Crippen LogP contribution in [0, 0.1) is 17.2 Å². The van der Waals surface area contributed by atoms with Crippen LogP contribution in [0.3, 0.4) is 0 Å². The normalized spacial score (nSPS) is 12.0. The number of nitriles is 1. The maximum absolute atomic E-state index is 12.6. The lowest BCUT2D eigenvalue weighted by Gasteiger charge is -2.23. The third-order valence-corrected chi connectivity index (χ3v) is 3.33. The first-order valence-corrected chi connectivity index (χ1v) is 7.45. The van der Waals surface area contributed by atoms with Gasteiger partial charge in [0.15, 0.2) is 0 Å². The van der Waals surface area contributed by atoms with Crippen LogP contribution < -0.4 is 5.32 Å². The summed E-state index contributed by atoms with van der Waals surface area (Å²) in [4.78, 5) is 24.5. The van der Waals surface area contributed by atoms with Crippen LogP contribution in [0.2, 0.25) is 0 Å². The second-order valence-electron chi connectivity index (χ2n) is 5.24. The quantitative estimate of drug-likeness (QED) is 0.791. The van der Waals surface area contributed by atoms with Crippen molar-refractivity contribution in [3.8, 4) is 6.07 Å². The Morgan fingerprint density at radius 1 is 1.32 bits per heavy atom. The van der Waals surface area contributed by atoms with Crippen LogP contribution in [-0.4, -0.2) is 36.3 Å². The number of hydrogen-bond acceptors (Lipinski definition) is 4. The topological polar surface area (TPSA) is 82.4 Å². The number of ether oxygens (including phenoxy) is 1. The molecule has 0 saturated heterocycles. The van der Waals surface area contributed by atoms with E-state index in [9.17, 15) is 22.8 Å². The Labute approximate surface area is 143 Å². The number of halogens is 3. The van der Waals surface area contributed by atoms with Crippen LogP contribution in [-0.2, 0) is 11.3 Å². The van der Waals surface area contributed by atoms with Gasteiger partial charge in [-0.25, -0.2) is 14.5 Å². The summed E-state index contributed by atoms with van der Waals surface area (Å²) in [6.45, 7) is -0.0289. The number of benzene rings is 1. The lowest BCUT2D eigenvalue weighted by atomic mass is 10.1. The number of carbonyl (C=O) groups excluding carboxylic acids is 2. The molecule has 0 fully saturated rings. The largest absolute Gasteiger partial charge is 0.444 e. The molecule has 0 saturated carbocycles. The molecule has 1 rings (SSSR count). The number of nitrogens with one attached hydrogen (secondary N) is 1. The molecule has 0 spiro atoms. The van der Waals surface area contributed by atoms with Crippen molar-refractivity contribution >= 4 is 12.1 Å². The molecule has 25 heavy (non-hydrogen) atoms. The Hall–Kier alpha value is -2.76. The van der Waals surface area contributed by atoms with Gasteiger partial charge in [-0.05, 0) is 12.0 Å². The maximum Gasteiger partial charge on any atom is 0.418 e. The number of hydrogen-bond donors (Lipinski definition) is 1. The Balaban J connectivity index is 2.70. The molecule has 1 aromatic rings. The van der Waals surface area contributed by atoms with E-state index < -0.39 is 37.2 Å². The fraction of sp³-hybridized carbons (Fsp3) is 0.438. The van der Waals surface area contributed by atoms with Gasteiger partial charge in [-0.1, -0.05) is 37.3 Å². The highest BCUT2D eigenvalue weighted by Crippen LogP contribution is 2.28. The van der Waals surface area contributed by atoms with E-state index in [0.717, 1.165) is 6.92 Å². The first-order chi connectivity index (χ1) is 11.8. The van der Waals surface area contributed by atoms with E-state index in [0.29, 0.717) is 10.5 Å². The second kappa shape index (κ2) is 9.52. The zero-order valence-electron chi connectivity index (χ0n) is 13.5. The van der Waals surface area contributed by atoms with Gasteiger partial charge in [0.25, 0.3) is 0 Å². The summed E-state index contributed by atoms with van der Waals surface area (Å²) in [5.74, 6) is -1.69. The molecule has 3 amide bonds. The average Bonchev–Trinajstić information content (AvgIpc) is 2.58. The average molecular weight is 357 g/mol. The zero-order chi connectivity index (χ0) is 18.9. The lowest BCUT2D eigenvalue weighted by molar-refractivity contribution is -0.171. The molecule has 136 valence electrons. The minimum absolute atomic E-state index is 0.128. The van der Waals surface area contributed by atoms with Gasteiger partial charge in [-0.3, -0.25) is 0 Å². The smallest absolute Gasteiger partial charge is 0.418 e. The summed E-state index contributed by atoms with van der Waals surface area (Å²) in [6, 6.07) is 9.28. The number of urea groups is 1. The van der Waals surface area contributed by atoms with Gasteiger partial charge in [-0.15, -0.1) is 0 Å². The standard InChI is InChI=1S/C16H18F3N3O3/c1-12(16(17,18)19)7-10-22(14(23)21-9-8-20)15(24)25-11-13-5-3-2-4-6-13/h2-6,12H,7,9-11H2,1H3,(H,21,23). The molecule has 1 N–H and O–H groups in total. The van der Waals surface area contributed by atoms with Gasteiger partial charge < -0.3 is 10.1 Å². The van der Waals surface area contributed by atoms with E-state index in [1.165, 1.54) is 0 Å². The molecule has 0 aliphatic carbocycles. The van der Waals surface area contributed by atoms with Gasteiger partial charge in [0.05, 0.1) is 12.0 Å². The van der Waals surface area contributed by atoms with E-state index in [4.69, 9.17) is 10.00 Å². The molecule has 9 heteroatoms. The molecule has 0 bridgehead atoms. The third-order valence-electron chi connectivity index (χ3n) is 3.33. The SMILES string of the molecule is CC(CCN(C(=O)NCC#N)C(=O)OCc1ccccc1)C(F)(F)F. The van der Waals surface area contributed by atoms with Crippen LogP contribution in [0.15, 0.2) is 30.3 Å². The molecule has 1 aromatic carbocycles. The van der Waals surface area contributed by atoms with Crippen molar-refractivity contribution in [3.05, 3.63) is 35.9 Å². The molecule has 0 aliphatic heterocycles. The minimum Gasteiger partial charge on any atom is -0.444 e. The van der Waals surface area contributed by atoms with Gasteiger partial charge in [-0.2, -0.15) is 18.4 Å². The molecule has 0 aromatic heterocycles. The predicted octanol–water partition coefficient (Wildman–Crippen LogP) is 3.45. The van der Waals surface area contributed by atoms with Crippen molar-refractivity contribution in [2.75, 3.05) is 13.1 Å². The van der Waals surface area contributed by atoms with Crippen LogP contribution in [0.4, 0.5) is 22.8 Å². The highest BCUT2D eigenvalue weighted by Gasteiger charge is 2.36. The van der Waals surface area contributed by atoms with Crippen LogP contribution in [0.25, 0.3) is 0 Å². The molecule has 1 unspecified atom stereocenters. The van der Waals surface area contributed by atoms with Gasteiger partial charge in [0.2, 0.25) is 0 Å². The molecule has 6 nitrogen and oxygen atoms in total. The fourth-order valence-corrected chi connectivity index (χ4v) is 1.77. The summed E-state index contributed by atoms with van der Waals surface area (Å²) in [6.07, 6.45) is -5.97. The number of carbonyl (C=O) groups is 2. The molecular formula is C16H18F3N3O3. The highest BCUT2D eigenvalue weighted by molar-refractivity contribution is 5.90. The van der Waals surface area contributed by atoms with Crippen molar-refractivity contribution in [1.82, 2.24) is 10.2 Å². The summed E-state index contributed by atoms with van der Waals surface area (Å²) < 4.78 is 42.8. The summed E-state index contributed by atoms with van der Waals surface area (Å²) in [5.41, 5.74) is 0.664. The molecule has 1 atom stereocenters. The number of rotatable bonds is 6. The first kappa shape index (κ1) is 20.3. The highest BCUT2D eigenvalue weighted by atomic mass is 19.4. The number of nitrogens with zero attached hydrogens (tertiary/aromatic N) is 2. The van der Waals surface area contributed by atoms with Crippen LogP contribution in [0.5, 0.6) is 0 Å². The van der Waals surface area contributed by atoms with Crippen LogP contribution >= 0.6 is 0 Å². The first-order valence-electron chi connectivity index (χ1n) is 7.45. The van der Waals surface area contributed by atoms with E-state index in [2.05, 4.69) is 5.32 Å². The van der Waals surface area contributed by atoms with Gasteiger partial charge in [0.1, 0.15) is 13.2 Å². The van der Waals surface area contributed by atoms with Crippen LogP contribution in [0.1, 0.15) is 18.9 Å². The van der Waals surface area contributed by atoms with Crippen molar-refractivity contribution in [1.29, 1.82) is 5.26 Å². The van der Waals surface area contributed by atoms with E-state index in [1.807, 2.05) is 0 Å². The predicted molar refractivity (Wildman–Crippen MR) is 82.2 cm³/mol. The number of alkyl halides is 3. The lowest BCUT2D eigenvalue weighted by Crippen LogP contribution is -2.45. The molecular weight excluding hydrogens is 339 g/mol. The van der Waals surface area contributed by atoms with E-state index in [-0.39, 0.29) is 13.2 Å². The van der Waals surface area contributed by atoms with Crippen molar-refractivity contribution in [2.45, 2.75) is 26.1 Å². The molecule has 0 radical (unpaired) electrons. The Bertz CT molecular complexity index is 615. The summed E-state index contributed by atoms with van der Waals surface area (Å²) >= 11 is 0. The summed E-state index contributed by atoms with van der Waals surface area (Å²) in [7, 11) is 0. The number of imide groups is 1. The van der Waals surface area contributed by atoms with Gasteiger partial charge >= 0.3 is 18.3 Å². The van der Waals surface area contributed by atoms with Gasteiger partial charge in [0, 0.05) is 6.54 Å². The fourth-order valence-electron chi connectivity index (χ4n) is 1.77. The van der Waals surface area contributed by atoms with E-state index >= 15 is 0 Å². The monoisotopic (exact) mass is 357 g/mol. The van der Waals surface area contributed by atoms with Crippen molar-refractivity contribution < 1.29 is 27.5 Å². The van der Waals surface area contributed by atoms with E-state index in [1.54, 1.807) is 36.4 Å². The van der Waals surface area contributed by atoms with Crippen molar-refractivity contribution in [2.24, 2.45) is 5.92 Å². The Morgan fingerprint density at radius 2 is 1.96 bits per heavy atom. The summed E-state index contributed by atoms with van der Waals surface area (Å²) in [5, 5.41) is 10.6. The van der Waals surface area contributed by atoms with Crippen molar-refractivity contribution in [3.63, 3.8) is 0 Å². The second-order valence-corrected chi connectivity index (χ2v) is 5.24. The molecule has 0 aliphatic rings.